The smallest absolute Gasteiger partial charge is 0.107 e. The van der Waals surface area contributed by atoms with Crippen molar-refractivity contribution in [2.24, 2.45) is 11.8 Å². The van der Waals surface area contributed by atoms with Crippen molar-refractivity contribution < 1.29 is 5.11 Å². The van der Waals surface area contributed by atoms with E-state index in [0.29, 0.717) is 5.92 Å². The summed E-state index contributed by atoms with van der Waals surface area (Å²) in [5.41, 5.74) is 0. The van der Waals surface area contributed by atoms with Gasteiger partial charge < -0.3 is 14.9 Å². The fourth-order valence-corrected chi connectivity index (χ4v) is 3.88. The summed E-state index contributed by atoms with van der Waals surface area (Å²) in [6.45, 7) is 14.2. The Hall–Kier alpha value is -0.420. The molecule has 0 aromatic heterocycles. The lowest BCUT2D eigenvalue weighted by Gasteiger charge is -2.35. The van der Waals surface area contributed by atoms with E-state index >= 15 is 0 Å². The molecule has 0 amide bonds. The molecule has 0 bridgehead atoms. The van der Waals surface area contributed by atoms with Crippen LogP contribution in [0, 0.1) is 11.8 Å². The summed E-state index contributed by atoms with van der Waals surface area (Å²) in [5, 5.41) is 10.5. The molecule has 0 saturated carbocycles. The predicted molar refractivity (Wildman–Crippen MR) is 97.5 cm³/mol. The number of aliphatic hydroxyl groups is 1. The Morgan fingerprint density at radius 2 is 1.87 bits per heavy atom. The monoisotopic (exact) mass is 323 g/mol. The number of likely N-dealkylation sites (tertiary alicyclic amines) is 1. The van der Waals surface area contributed by atoms with Crippen LogP contribution in [0.2, 0.25) is 0 Å². The van der Waals surface area contributed by atoms with E-state index < -0.39 is 0 Å². The first-order valence-corrected chi connectivity index (χ1v) is 9.52. The number of hydrogen-bond donors (Lipinski definition) is 1. The van der Waals surface area contributed by atoms with Gasteiger partial charge in [0.1, 0.15) is 6.23 Å². The van der Waals surface area contributed by atoms with Crippen molar-refractivity contribution in [2.45, 2.75) is 45.3 Å². The summed E-state index contributed by atoms with van der Waals surface area (Å²) in [4.78, 5) is 7.29. The highest BCUT2D eigenvalue weighted by Gasteiger charge is 2.25. The van der Waals surface area contributed by atoms with E-state index in [1.807, 2.05) is 6.08 Å². The van der Waals surface area contributed by atoms with E-state index in [1.165, 1.54) is 45.6 Å². The van der Waals surface area contributed by atoms with Gasteiger partial charge >= 0.3 is 0 Å². The highest BCUT2D eigenvalue weighted by atomic mass is 16.3. The molecule has 0 spiro atoms. The number of hydrogen-bond acceptors (Lipinski definition) is 4. The molecule has 4 nitrogen and oxygen atoms in total. The van der Waals surface area contributed by atoms with Crippen LogP contribution >= 0.6 is 0 Å². The SMILES string of the molecule is C=CCCC(CCC(O)N1CCC(C)C1)CN1CCN(C)CC1. The van der Waals surface area contributed by atoms with Crippen LogP contribution in [-0.2, 0) is 0 Å². The topological polar surface area (TPSA) is 30.0 Å². The van der Waals surface area contributed by atoms with Crippen molar-refractivity contribution in [2.75, 3.05) is 52.9 Å². The summed E-state index contributed by atoms with van der Waals surface area (Å²) in [6.07, 6.45) is 7.38. The molecule has 4 heteroatoms. The lowest BCUT2D eigenvalue weighted by molar-refractivity contribution is 0.00521. The summed E-state index contributed by atoms with van der Waals surface area (Å²) in [7, 11) is 2.21. The van der Waals surface area contributed by atoms with Crippen LogP contribution < -0.4 is 0 Å². The molecule has 23 heavy (non-hydrogen) atoms. The van der Waals surface area contributed by atoms with Gasteiger partial charge in [-0.1, -0.05) is 13.0 Å². The second-order valence-electron chi connectivity index (χ2n) is 7.78. The van der Waals surface area contributed by atoms with Crippen molar-refractivity contribution in [3.63, 3.8) is 0 Å². The van der Waals surface area contributed by atoms with Crippen LogP contribution in [-0.4, -0.2) is 78.9 Å². The van der Waals surface area contributed by atoms with E-state index in [0.717, 1.165) is 38.3 Å². The van der Waals surface area contributed by atoms with E-state index in [9.17, 15) is 5.11 Å². The number of piperazine rings is 1. The fraction of sp³-hybridized carbons (Fsp3) is 0.895. The number of allylic oxidation sites excluding steroid dienone is 1. The minimum absolute atomic E-state index is 0.237. The second-order valence-corrected chi connectivity index (χ2v) is 7.78. The summed E-state index contributed by atoms with van der Waals surface area (Å²) in [6, 6.07) is 0. The first-order chi connectivity index (χ1) is 11.1. The molecule has 0 aliphatic carbocycles. The van der Waals surface area contributed by atoms with Gasteiger partial charge in [0.15, 0.2) is 0 Å². The van der Waals surface area contributed by atoms with Crippen LogP contribution in [0.4, 0.5) is 0 Å². The zero-order valence-electron chi connectivity index (χ0n) is 15.3. The van der Waals surface area contributed by atoms with Gasteiger partial charge in [-0.25, -0.2) is 0 Å². The third kappa shape index (κ3) is 6.54. The molecule has 3 atom stereocenters. The van der Waals surface area contributed by atoms with E-state index in [4.69, 9.17) is 0 Å². The van der Waals surface area contributed by atoms with Gasteiger partial charge in [0.05, 0.1) is 0 Å². The van der Waals surface area contributed by atoms with Crippen LogP contribution in [0.5, 0.6) is 0 Å². The molecule has 0 aromatic rings. The lowest BCUT2D eigenvalue weighted by Crippen LogP contribution is -2.46. The number of nitrogens with zero attached hydrogens (tertiary/aromatic N) is 3. The maximum absolute atomic E-state index is 10.5. The Morgan fingerprint density at radius 1 is 1.13 bits per heavy atom. The first kappa shape index (κ1) is 18.9. The van der Waals surface area contributed by atoms with Crippen molar-refractivity contribution in [1.82, 2.24) is 14.7 Å². The Labute approximate surface area is 143 Å². The Bertz CT molecular complexity index is 342. The molecule has 2 saturated heterocycles. The molecule has 2 aliphatic rings. The third-order valence-electron chi connectivity index (χ3n) is 5.60. The molecule has 134 valence electrons. The highest BCUT2D eigenvalue weighted by Crippen LogP contribution is 2.22. The molecule has 2 fully saturated rings. The average Bonchev–Trinajstić information content (AvgIpc) is 2.98. The molecule has 2 heterocycles. The van der Waals surface area contributed by atoms with Gasteiger partial charge in [0.2, 0.25) is 0 Å². The largest absolute Gasteiger partial charge is 0.378 e. The normalized spacial score (nSPS) is 27.2. The molecule has 1 N–H and O–H groups in total. The Morgan fingerprint density at radius 3 is 2.48 bits per heavy atom. The molecule has 0 radical (unpaired) electrons. The van der Waals surface area contributed by atoms with Gasteiger partial charge in [-0.05, 0) is 51.0 Å². The van der Waals surface area contributed by atoms with E-state index in [2.05, 4.69) is 35.3 Å². The molecule has 3 unspecified atom stereocenters. The molecule has 2 aliphatic heterocycles. The Kier molecular flexibility index (Phi) is 8.04. The van der Waals surface area contributed by atoms with Crippen molar-refractivity contribution in [3.05, 3.63) is 12.7 Å². The first-order valence-electron chi connectivity index (χ1n) is 9.52. The van der Waals surface area contributed by atoms with Gasteiger partial charge in [0, 0.05) is 45.8 Å². The van der Waals surface area contributed by atoms with Gasteiger partial charge in [-0.3, -0.25) is 4.90 Å². The summed E-state index contributed by atoms with van der Waals surface area (Å²) in [5.74, 6) is 1.43. The van der Waals surface area contributed by atoms with Crippen molar-refractivity contribution in [3.8, 4) is 0 Å². The zero-order valence-corrected chi connectivity index (χ0v) is 15.3. The van der Waals surface area contributed by atoms with Crippen LogP contribution in [0.15, 0.2) is 12.7 Å². The summed E-state index contributed by atoms with van der Waals surface area (Å²) >= 11 is 0. The van der Waals surface area contributed by atoms with Gasteiger partial charge in [-0.15, -0.1) is 6.58 Å². The third-order valence-corrected chi connectivity index (χ3v) is 5.60. The minimum Gasteiger partial charge on any atom is -0.378 e. The van der Waals surface area contributed by atoms with E-state index in [-0.39, 0.29) is 6.23 Å². The number of rotatable bonds is 9. The maximum Gasteiger partial charge on any atom is 0.107 e. The Balaban J connectivity index is 1.74. The fourth-order valence-electron chi connectivity index (χ4n) is 3.88. The molecular weight excluding hydrogens is 286 g/mol. The van der Waals surface area contributed by atoms with Crippen LogP contribution in [0.25, 0.3) is 0 Å². The number of likely N-dealkylation sites (N-methyl/N-ethyl adjacent to an activating group) is 1. The van der Waals surface area contributed by atoms with Crippen LogP contribution in [0.1, 0.15) is 39.0 Å². The lowest BCUT2D eigenvalue weighted by atomic mass is 9.95. The highest BCUT2D eigenvalue weighted by molar-refractivity contribution is 4.78. The zero-order chi connectivity index (χ0) is 16.7. The average molecular weight is 324 g/mol. The standard InChI is InChI=1S/C19H37N3O/c1-4-5-6-18(16-21-13-11-20(3)12-14-21)7-8-19(23)22-10-9-17(2)15-22/h4,17-19,23H,1,5-16H2,2-3H3. The predicted octanol–water partition coefficient (Wildman–Crippen LogP) is 2.26. The molecule has 2 rings (SSSR count). The van der Waals surface area contributed by atoms with Crippen molar-refractivity contribution in [1.29, 1.82) is 0 Å². The summed E-state index contributed by atoms with van der Waals surface area (Å²) < 4.78 is 0. The minimum atomic E-state index is -0.237. The quantitative estimate of drug-likeness (QED) is 0.659. The van der Waals surface area contributed by atoms with E-state index in [1.54, 1.807) is 0 Å². The second kappa shape index (κ2) is 9.77. The van der Waals surface area contributed by atoms with Crippen LogP contribution in [0.3, 0.4) is 0 Å². The number of aliphatic hydroxyl groups excluding tert-OH is 1. The van der Waals surface area contributed by atoms with Gasteiger partial charge in [0.25, 0.3) is 0 Å². The maximum atomic E-state index is 10.5. The molecular formula is C19H37N3O. The van der Waals surface area contributed by atoms with Gasteiger partial charge in [-0.2, -0.15) is 0 Å². The van der Waals surface area contributed by atoms with Crippen molar-refractivity contribution >= 4 is 0 Å². The molecule has 0 aromatic carbocycles.